The van der Waals surface area contributed by atoms with E-state index in [1.807, 2.05) is 0 Å². The second-order valence-corrected chi connectivity index (χ2v) is 6.77. The van der Waals surface area contributed by atoms with Crippen LogP contribution in [0.25, 0.3) is 0 Å². The Morgan fingerprint density at radius 1 is 1.16 bits per heavy atom. The second-order valence-electron chi connectivity index (χ2n) is 6.77. The fraction of sp³-hybridized carbons (Fsp3) is 0.667. The Balaban J connectivity index is 1.59. The summed E-state index contributed by atoms with van der Waals surface area (Å²) in [4.78, 5) is 0. The fourth-order valence-corrected chi connectivity index (χ4v) is 4.35. The molecular formula is C18H27N. The molecule has 4 atom stereocenters. The van der Waals surface area contributed by atoms with Gasteiger partial charge in [-0.15, -0.1) is 0 Å². The van der Waals surface area contributed by atoms with Gasteiger partial charge < -0.3 is 5.73 Å². The molecule has 2 fully saturated rings. The first kappa shape index (κ1) is 13.2. The average molecular weight is 257 g/mol. The van der Waals surface area contributed by atoms with E-state index in [1.54, 1.807) is 0 Å². The van der Waals surface area contributed by atoms with Crippen molar-refractivity contribution >= 4 is 0 Å². The maximum Gasteiger partial charge on any atom is 0.0297 e. The number of nitrogens with two attached hydrogens (primary N) is 1. The Bertz CT molecular complexity index is 408. The number of aryl methyl sites for hydroxylation is 1. The summed E-state index contributed by atoms with van der Waals surface area (Å²) >= 11 is 0. The fourth-order valence-electron chi connectivity index (χ4n) is 4.35. The van der Waals surface area contributed by atoms with Gasteiger partial charge in [-0.25, -0.2) is 0 Å². The molecule has 0 amide bonds. The van der Waals surface area contributed by atoms with E-state index in [0.717, 1.165) is 17.8 Å². The highest BCUT2D eigenvalue weighted by molar-refractivity contribution is 5.25. The average Bonchev–Trinajstić information content (AvgIpc) is 3.02. The van der Waals surface area contributed by atoms with Gasteiger partial charge in [-0.1, -0.05) is 44.0 Å². The Morgan fingerprint density at radius 2 is 1.95 bits per heavy atom. The van der Waals surface area contributed by atoms with E-state index in [0.29, 0.717) is 0 Å². The van der Waals surface area contributed by atoms with Crippen LogP contribution in [0.2, 0.25) is 0 Å². The monoisotopic (exact) mass is 257 g/mol. The molecule has 1 aromatic rings. The summed E-state index contributed by atoms with van der Waals surface area (Å²) in [6.07, 6.45) is 9.51. The van der Waals surface area contributed by atoms with Crippen molar-refractivity contribution in [2.24, 2.45) is 23.5 Å². The molecule has 0 spiro atoms. The van der Waals surface area contributed by atoms with Crippen molar-refractivity contribution in [3.63, 3.8) is 0 Å². The lowest BCUT2D eigenvalue weighted by Crippen LogP contribution is -2.19. The normalized spacial score (nSPS) is 30.7. The molecule has 1 nitrogen and oxygen atoms in total. The van der Waals surface area contributed by atoms with Gasteiger partial charge in [0.05, 0.1) is 0 Å². The minimum atomic E-state index is 0.250. The Hall–Kier alpha value is -0.820. The van der Waals surface area contributed by atoms with Crippen LogP contribution in [0.4, 0.5) is 0 Å². The number of benzene rings is 1. The summed E-state index contributed by atoms with van der Waals surface area (Å²) in [5.74, 6) is 2.94. The SMILES string of the molecule is CCCc1ccc(C(N)CC2CC3CCC2C3)cc1. The maximum atomic E-state index is 6.43. The van der Waals surface area contributed by atoms with Gasteiger partial charge in [-0.2, -0.15) is 0 Å². The molecule has 0 heterocycles. The molecular weight excluding hydrogens is 230 g/mol. The van der Waals surface area contributed by atoms with Crippen molar-refractivity contribution in [3.8, 4) is 0 Å². The molecule has 2 aliphatic carbocycles. The van der Waals surface area contributed by atoms with Gasteiger partial charge in [0.25, 0.3) is 0 Å². The molecule has 0 aliphatic heterocycles. The van der Waals surface area contributed by atoms with Crippen LogP contribution in [0.3, 0.4) is 0 Å². The number of rotatable bonds is 5. The van der Waals surface area contributed by atoms with Crippen molar-refractivity contribution in [1.82, 2.24) is 0 Å². The summed E-state index contributed by atoms with van der Waals surface area (Å²) in [7, 11) is 0. The van der Waals surface area contributed by atoms with E-state index >= 15 is 0 Å². The third-order valence-electron chi connectivity index (χ3n) is 5.39. The molecule has 2 aliphatic rings. The van der Waals surface area contributed by atoms with E-state index in [-0.39, 0.29) is 6.04 Å². The minimum Gasteiger partial charge on any atom is -0.324 e. The summed E-state index contributed by atoms with van der Waals surface area (Å²) in [6, 6.07) is 9.28. The van der Waals surface area contributed by atoms with Crippen LogP contribution in [0, 0.1) is 17.8 Å². The van der Waals surface area contributed by atoms with Gasteiger partial charge in [0.2, 0.25) is 0 Å². The molecule has 104 valence electrons. The first-order valence-corrected chi connectivity index (χ1v) is 8.10. The van der Waals surface area contributed by atoms with Crippen LogP contribution in [0.5, 0.6) is 0 Å². The lowest BCUT2D eigenvalue weighted by Gasteiger charge is -2.25. The van der Waals surface area contributed by atoms with E-state index in [1.165, 1.54) is 56.1 Å². The molecule has 19 heavy (non-hydrogen) atoms. The first-order valence-electron chi connectivity index (χ1n) is 8.10. The van der Waals surface area contributed by atoms with Crippen molar-refractivity contribution in [3.05, 3.63) is 35.4 Å². The van der Waals surface area contributed by atoms with Gasteiger partial charge in [-0.05, 0) is 61.0 Å². The van der Waals surface area contributed by atoms with Gasteiger partial charge in [-0.3, -0.25) is 0 Å². The quantitative estimate of drug-likeness (QED) is 0.827. The van der Waals surface area contributed by atoms with Crippen LogP contribution in [0.15, 0.2) is 24.3 Å². The van der Waals surface area contributed by atoms with Gasteiger partial charge >= 0.3 is 0 Å². The van der Waals surface area contributed by atoms with Crippen molar-refractivity contribution in [2.45, 2.75) is 57.9 Å². The number of fused-ring (bicyclic) bond motifs is 2. The molecule has 2 saturated carbocycles. The Kier molecular flexibility index (Phi) is 3.93. The molecule has 1 heteroatoms. The lowest BCUT2D eigenvalue weighted by molar-refractivity contribution is 0.296. The summed E-state index contributed by atoms with van der Waals surface area (Å²) in [6.45, 7) is 2.23. The molecule has 2 bridgehead atoms. The molecule has 1 aromatic carbocycles. The highest BCUT2D eigenvalue weighted by Gasteiger charge is 2.39. The van der Waals surface area contributed by atoms with E-state index in [4.69, 9.17) is 5.73 Å². The molecule has 0 aromatic heterocycles. The smallest absolute Gasteiger partial charge is 0.0297 e. The van der Waals surface area contributed by atoms with Crippen LogP contribution in [-0.2, 0) is 6.42 Å². The Labute approximate surface area is 117 Å². The largest absolute Gasteiger partial charge is 0.324 e. The zero-order valence-corrected chi connectivity index (χ0v) is 12.1. The van der Waals surface area contributed by atoms with E-state index in [9.17, 15) is 0 Å². The third kappa shape index (κ3) is 2.86. The summed E-state index contributed by atoms with van der Waals surface area (Å²) in [5, 5.41) is 0. The second kappa shape index (κ2) is 5.66. The van der Waals surface area contributed by atoms with E-state index in [2.05, 4.69) is 31.2 Å². The predicted octanol–water partition coefficient (Wildman–Crippen LogP) is 4.47. The zero-order valence-electron chi connectivity index (χ0n) is 12.1. The van der Waals surface area contributed by atoms with Gasteiger partial charge in [0.1, 0.15) is 0 Å². The van der Waals surface area contributed by atoms with Crippen LogP contribution < -0.4 is 5.73 Å². The number of hydrogen-bond acceptors (Lipinski definition) is 1. The number of hydrogen-bond donors (Lipinski definition) is 1. The lowest BCUT2D eigenvalue weighted by atomic mass is 9.83. The van der Waals surface area contributed by atoms with Gasteiger partial charge in [0.15, 0.2) is 0 Å². The van der Waals surface area contributed by atoms with Crippen LogP contribution in [0.1, 0.15) is 62.6 Å². The highest BCUT2D eigenvalue weighted by atomic mass is 14.6. The molecule has 3 rings (SSSR count). The zero-order chi connectivity index (χ0) is 13.2. The molecule has 4 unspecified atom stereocenters. The molecule has 0 radical (unpaired) electrons. The topological polar surface area (TPSA) is 26.0 Å². The van der Waals surface area contributed by atoms with Crippen molar-refractivity contribution in [1.29, 1.82) is 0 Å². The maximum absolute atomic E-state index is 6.43. The summed E-state index contributed by atoms with van der Waals surface area (Å²) in [5.41, 5.74) is 9.21. The van der Waals surface area contributed by atoms with Crippen molar-refractivity contribution in [2.75, 3.05) is 0 Å². The van der Waals surface area contributed by atoms with E-state index < -0.39 is 0 Å². The Morgan fingerprint density at radius 3 is 2.53 bits per heavy atom. The van der Waals surface area contributed by atoms with Crippen LogP contribution in [-0.4, -0.2) is 0 Å². The minimum absolute atomic E-state index is 0.250. The molecule has 2 N–H and O–H groups in total. The van der Waals surface area contributed by atoms with Crippen molar-refractivity contribution < 1.29 is 0 Å². The highest BCUT2D eigenvalue weighted by Crippen LogP contribution is 2.50. The summed E-state index contributed by atoms with van der Waals surface area (Å²) < 4.78 is 0. The van der Waals surface area contributed by atoms with Gasteiger partial charge in [0, 0.05) is 6.04 Å². The molecule has 0 saturated heterocycles. The third-order valence-corrected chi connectivity index (χ3v) is 5.39. The first-order chi connectivity index (χ1) is 9.26. The van der Waals surface area contributed by atoms with Crippen LogP contribution >= 0.6 is 0 Å². The standard InChI is InChI=1S/C18H27N/c1-2-3-13-4-7-15(8-5-13)18(19)12-17-11-14-6-9-16(17)10-14/h4-5,7-8,14,16-18H,2-3,6,9-12,19H2,1H3. The predicted molar refractivity (Wildman–Crippen MR) is 80.9 cm³/mol.